The zero-order chi connectivity index (χ0) is 11.4. The van der Waals surface area contributed by atoms with Crippen LogP contribution >= 0.6 is 35.0 Å². The van der Waals surface area contributed by atoms with Crippen LogP contribution in [0.2, 0.25) is 10.2 Å². The van der Waals surface area contributed by atoms with Crippen LogP contribution in [-0.2, 0) is 5.75 Å². The molecule has 0 radical (unpaired) electrons. The average molecular weight is 271 g/mol. The van der Waals surface area contributed by atoms with Gasteiger partial charge in [-0.2, -0.15) is 0 Å². The Hall–Kier alpha value is -0.770. The molecule has 0 aliphatic rings. The van der Waals surface area contributed by atoms with Crippen LogP contribution in [0.15, 0.2) is 41.7 Å². The summed E-state index contributed by atoms with van der Waals surface area (Å²) in [4.78, 5) is 7.94. The maximum Gasteiger partial charge on any atom is 0.133 e. The van der Waals surface area contributed by atoms with E-state index in [4.69, 9.17) is 23.2 Å². The second-order valence-electron chi connectivity index (χ2n) is 3.06. The van der Waals surface area contributed by atoms with Gasteiger partial charge in [-0.3, -0.25) is 0 Å². The first-order valence-electron chi connectivity index (χ1n) is 4.59. The lowest BCUT2D eigenvalue weighted by atomic mass is 10.2. The summed E-state index contributed by atoms with van der Waals surface area (Å²) in [5, 5.41) is 2.08. The zero-order valence-electron chi connectivity index (χ0n) is 8.23. The van der Waals surface area contributed by atoms with Crippen molar-refractivity contribution in [2.75, 3.05) is 0 Å². The molecule has 0 spiro atoms. The summed E-state index contributed by atoms with van der Waals surface area (Å²) in [6, 6.07) is 9.50. The molecule has 1 aromatic heterocycles. The molecule has 0 aliphatic heterocycles. The summed E-state index contributed by atoms with van der Waals surface area (Å²) in [5.74, 6) is 0.771. The Kier molecular flexibility index (Phi) is 4.04. The van der Waals surface area contributed by atoms with Gasteiger partial charge in [-0.15, -0.1) is 11.8 Å². The lowest BCUT2D eigenvalue weighted by Gasteiger charge is -2.03. The minimum absolute atomic E-state index is 0.455. The molecule has 0 bridgehead atoms. The summed E-state index contributed by atoms with van der Waals surface area (Å²) in [5.41, 5.74) is 1.09. The Bertz CT molecular complexity index is 491. The fourth-order valence-electron chi connectivity index (χ4n) is 1.16. The number of hydrogen-bond acceptors (Lipinski definition) is 3. The van der Waals surface area contributed by atoms with E-state index in [0.29, 0.717) is 5.15 Å². The largest absolute Gasteiger partial charge is 0.230 e. The molecule has 2 rings (SSSR count). The van der Waals surface area contributed by atoms with Gasteiger partial charge in [0.25, 0.3) is 0 Å². The second-order valence-corrected chi connectivity index (χ2v) is 4.85. The topological polar surface area (TPSA) is 25.8 Å². The Morgan fingerprint density at radius 1 is 1.12 bits per heavy atom. The number of thioether (sulfide) groups is 1. The lowest BCUT2D eigenvalue weighted by Crippen LogP contribution is -1.85. The van der Waals surface area contributed by atoms with Gasteiger partial charge in [-0.05, 0) is 11.6 Å². The monoisotopic (exact) mass is 270 g/mol. The Morgan fingerprint density at radius 3 is 2.69 bits per heavy atom. The first-order valence-corrected chi connectivity index (χ1v) is 6.33. The molecule has 0 saturated carbocycles. The van der Waals surface area contributed by atoms with E-state index in [2.05, 4.69) is 9.97 Å². The minimum atomic E-state index is 0.455. The molecule has 0 atom stereocenters. The van der Waals surface area contributed by atoms with Gasteiger partial charge < -0.3 is 0 Å². The van der Waals surface area contributed by atoms with Crippen LogP contribution in [0.1, 0.15) is 5.56 Å². The van der Waals surface area contributed by atoms with Crippen LogP contribution in [0.4, 0.5) is 0 Å². The predicted molar refractivity (Wildman–Crippen MR) is 68.1 cm³/mol. The standard InChI is InChI=1S/C11H8Cl2N2S/c12-9-4-2-1-3-8(9)6-16-11-5-10(13)14-7-15-11/h1-5,7H,6H2. The van der Waals surface area contributed by atoms with E-state index in [1.807, 2.05) is 24.3 Å². The highest BCUT2D eigenvalue weighted by Gasteiger charge is 2.02. The highest BCUT2D eigenvalue weighted by Crippen LogP contribution is 2.25. The number of hydrogen-bond donors (Lipinski definition) is 0. The van der Waals surface area contributed by atoms with Crippen LogP contribution < -0.4 is 0 Å². The van der Waals surface area contributed by atoms with E-state index in [9.17, 15) is 0 Å². The fraction of sp³-hybridized carbons (Fsp3) is 0.0909. The molecular weight excluding hydrogens is 263 g/mol. The normalized spacial score (nSPS) is 10.4. The molecule has 0 saturated heterocycles. The van der Waals surface area contributed by atoms with Gasteiger partial charge in [-0.25, -0.2) is 9.97 Å². The van der Waals surface area contributed by atoms with Gasteiger partial charge in [0.2, 0.25) is 0 Å². The van der Waals surface area contributed by atoms with Crippen molar-refractivity contribution in [3.63, 3.8) is 0 Å². The molecule has 0 fully saturated rings. The number of rotatable bonds is 3. The summed E-state index contributed by atoms with van der Waals surface area (Å²) >= 11 is 13.4. The quantitative estimate of drug-likeness (QED) is 0.621. The van der Waals surface area contributed by atoms with Crippen LogP contribution in [0, 0.1) is 0 Å². The Labute approximate surface area is 108 Å². The molecule has 1 heterocycles. The van der Waals surface area contributed by atoms with E-state index in [1.54, 1.807) is 17.8 Å². The van der Waals surface area contributed by atoms with Crippen molar-refractivity contribution in [2.24, 2.45) is 0 Å². The highest BCUT2D eigenvalue weighted by atomic mass is 35.5. The van der Waals surface area contributed by atoms with Crippen molar-refractivity contribution >= 4 is 35.0 Å². The van der Waals surface area contributed by atoms with Crippen LogP contribution in [-0.4, -0.2) is 9.97 Å². The zero-order valence-corrected chi connectivity index (χ0v) is 10.6. The molecule has 16 heavy (non-hydrogen) atoms. The van der Waals surface area contributed by atoms with E-state index in [0.717, 1.165) is 21.4 Å². The average Bonchev–Trinajstić information content (AvgIpc) is 2.28. The summed E-state index contributed by atoms with van der Waals surface area (Å²) < 4.78 is 0. The van der Waals surface area contributed by atoms with Crippen molar-refractivity contribution in [3.05, 3.63) is 52.4 Å². The molecule has 2 nitrogen and oxygen atoms in total. The SMILES string of the molecule is Clc1cc(SCc2ccccc2Cl)ncn1. The van der Waals surface area contributed by atoms with Gasteiger partial charge in [0, 0.05) is 16.8 Å². The molecule has 2 aromatic rings. The van der Waals surface area contributed by atoms with Gasteiger partial charge in [0.15, 0.2) is 0 Å². The van der Waals surface area contributed by atoms with E-state index >= 15 is 0 Å². The first-order chi connectivity index (χ1) is 7.75. The number of benzene rings is 1. The molecule has 0 N–H and O–H groups in total. The van der Waals surface area contributed by atoms with E-state index in [1.165, 1.54) is 6.33 Å². The number of nitrogens with zero attached hydrogens (tertiary/aromatic N) is 2. The maximum absolute atomic E-state index is 6.05. The van der Waals surface area contributed by atoms with Gasteiger partial charge in [-0.1, -0.05) is 41.4 Å². The van der Waals surface area contributed by atoms with Crippen LogP contribution in [0.3, 0.4) is 0 Å². The van der Waals surface area contributed by atoms with Crippen molar-refractivity contribution in [1.82, 2.24) is 9.97 Å². The number of aromatic nitrogens is 2. The maximum atomic E-state index is 6.05. The first kappa shape index (κ1) is 11.7. The number of halogens is 2. The lowest BCUT2D eigenvalue weighted by molar-refractivity contribution is 1.05. The molecule has 0 amide bonds. The van der Waals surface area contributed by atoms with Crippen LogP contribution in [0.25, 0.3) is 0 Å². The van der Waals surface area contributed by atoms with Gasteiger partial charge in [0.1, 0.15) is 16.5 Å². The molecule has 5 heteroatoms. The van der Waals surface area contributed by atoms with E-state index in [-0.39, 0.29) is 0 Å². The van der Waals surface area contributed by atoms with Crippen molar-refractivity contribution in [2.45, 2.75) is 10.8 Å². The fourth-order valence-corrected chi connectivity index (χ4v) is 2.53. The summed E-state index contributed by atoms with van der Waals surface area (Å²) in [6.07, 6.45) is 1.46. The predicted octanol–water partition coefficient (Wildman–Crippen LogP) is 4.08. The van der Waals surface area contributed by atoms with Gasteiger partial charge in [0.05, 0.1) is 0 Å². The minimum Gasteiger partial charge on any atom is -0.230 e. The van der Waals surface area contributed by atoms with E-state index < -0.39 is 0 Å². The third kappa shape index (κ3) is 3.11. The van der Waals surface area contributed by atoms with Crippen LogP contribution in [0.5, 0.6) is 0 Å². The summed E-state index contributed by atoms with van der Waals surface area (Å²) in [6.45, 7) is 0. The molecular formula is C11H8Cl2N2S. The highest BCUT2D eigenvalue weighted by molar-refractivity contribution is 7.98. The smallest absolute Gasteiger partial charge is 0.133 e. The Morgan fingerprint density at radius 2 is 1.94 bits per heavy atom. The van der Waals surface area contributed by atoms with Crippen molar-refractivity contribution in [3.8, 4) is 0 Å². The molecule has 1 aromatic carbocycles. The summed E-state index contributed by atoms with van der Waals surface area (Å²) in [7, 11) is 0. The molecule has 0 aliphatic carbocycles. The second kappa shape index (κ2) is 5.53. The Balaban J connectivity index is 2.05. The molecule has 82 valence electrons. The molecule has 0 unspecified atom stereocenters. The van der Waals surface area contributed by atoms with Crippen molar-refractivity contribution in [1.29, 1.82) is 0 Å². The van der Waals surface area contributed by atoms with Crippen molar-refractivity contribution < 1.29 is 0 Å². The third-order valence-electron chi connectivity index (χ3n) is 1.94. The van der Waals surface area contributed by atoms with Gasteiger partial charge >= 0.3 is 0 Å². The third-order valence-corrected chi connectivity index (χ3v) is 3.49.